The van der Waals surface area contributed by atoms with E-state index in [1.807, 2.05) is 31.2 Å². The molecule has 0 saturated heterocycles. The molecular formula is C18H23N3O3S. The Morgan fingerprint density at radius 2 is 1.96 bits per heavy atom. The van der Waals surface area contributed by atoms with Crippen molar-refractivity contribution < 1.29 is 14.6 Å². The van der Waals surface area contributed by atoms with Gasteiger partial charge in [0.15, 0.2) is 11.0 Å². The maximum absolute atomic E-state index is 10.9. The quantitative estimate of drug-likeness (QED) is 0.751. The Hall–Kier alpha value is -2.02. The fourth-order valence-corrected chi connectivity index (χ4v) is 3.96. The first-order chi connectivity index (χ1) is 12.2. The maximum Gasteiger partial charge on any atom is 0.313 e. The van der Waals surface area contributed by atoms with Crippen LogP contribution in [0.4, 0.5) is 0 Å². The smallest absolute Gasteiger partial charge is 0.313 e. The van der Waals surface area contributed by atoms with Gasteiger partial charge in [0.1, 0.15) is 5.75 Å². The molecule has 7 heteroatoms. The molecule has 1 heterocycles. The van der Waals surface area contributed by atoms with Crippen LogP contribution < -0.4 is 4.74 Å². The highest BCUT2D eigenvalue weighted by atomic mass is 32.2. The van der Waals surface area contributed by atoms with Crippen LogP contribution in [0.1, 0.15) is 45.1 Å². The molecule has 134 valence electrons. The lowest BCUT2D eigenvalue weighted by Crippen LogP contribution is -2.15. The summed E-state index contributed by atoms with van der Waals surface area (Å²) in [4.78, 5) is 10.9. The van der Waals surface area contributed by atoms with Crippen molar-refractivity contribution in [2.75, 3.05) is 12.4 Å². The number of carbonyl (C=O) groups is 1. The topological polar surface area (TPSA) is 77.2 Å². The van der Waals surface area contributed by atoms with Gasteiger partial charge in [0.05, 0.1) is 12.4 Å². The van der Waals surface area contributed by atoms with Crippen LogP contribution in [0.2, 0.25) is 0 Å². The van der Waals surface area contributed by atoms with Crippen LogP contribution in [0, 0.1) is 0 Å². The molecule has 6 nitrogen and oxygen atoms in total. The van der Waals surface area contributed by atoms with E-state index in [-0.39, 0.29) is 5.75 Å². The van der Waals surface area contributed by atoms with Gasteiger partial charge in [-0.25, -0.2) is 0 Å². The molecule has 3 rings (SSSR count). The summed E-state index contributed by atoms with van der Waals surface area (Å²) in [5.74, 6) is 0.790. The Kier molecular flexibility index (Phi) is 5.96. The van der Waals surface area contributed by atoms with E-state index >= 15 is 0 Å². The molecule has 1 aromatic carbocycles. The van der Waals surface area contributed by atoms with Gasteiger partial charge in [-0.3, -0.25) is 9.36 Å². The second-order valence-electron chi connectivity index (χ2n) is 6.11. The van der Waals surface area contributed by atoms with E-state index in [0.29, 0.717) is 17.8 Å². The maximum atomic E-state index is 10.9. The Bertz CT molecular complexity index is 709. The highest BCUT2D eigenvalue weighted by Crippen LogP contribution is 2.35. The molecule has 1 aliphatic carbocycles. The Labute approximate surface area is 151 Å². The predicted octanol–water partition coefficient (Wildman–Crippen LogP) is 4.03. The van der Waals surface area contributed by atoms with Gasteiger partial charge in [-0.05, 0) is 44.0 Å². The molecule has 1 aromatic heterocycles. The third-order valence-electron chi connectivity index (χ3n) is 4.35. The highest BCUT2D eigenvalue weighted by molar-refractivity contribution is 7.99. The van der Waals surface area contributed by atoms with E-state index in [4.69, 9.17) is 9.84 Å². The van der Waals surface area contributed by atoms with Crippen molar-refractivity contribution in [2.24, 2.45) is 0 Å². The monoisotopic (exact) mass is 361 g/mol. The van der Waals surface area contributed by atoms with Crippen LogP contribution in [-0.2, 0) is 4.79 Å². The summed E-state index contributed by atoms with van der Waals surface area (Å²) in [5.41, 5.74) is 0.976. The Balaban J connectivity index is 1.92. The van der Waals surface area contributed by atoms with E-state index in [1.165, 1.54) is 31.0 Å². The average molecular weight is 361 g/mol. The van der Waals surface area contributed by atoms with Gasteiger partial charge < -0.3 is 9.84 Å². The van der Waals surface area contributed by atoms with Gasteiger partial charge in [0, 0.05) is 11.6 Å². The SMILES string of the molecule is CCOc1ccc(-c2nnc(SCC(=O)O)n2C2CCCCC2)cc1. The molecule has 0 radical (unpaired) electrons. The minimum Gasteiger partial charge on any atom is -0.494 e. The largest absolute Gasteiger partial charge is 0.494 e. The number of hydrogen-bond acceptors (Lipinski definition) is 5. The normalized spacial score (nSPS) is 15.2. The fraction of sp³-hybridized carbons (Fsp3) is 0.500. The molecule has 2 aromatic rings. The predicted molar refractivity (Wildman–Crippen MR) is 97.1 cm³/mol. The number of aliphatic carboxylic acids is 1. The molecule has 0 atom stereocenters. The van der Waals surface area contributed by atoms with Gasteiger partial charge in [-0.1, -0.05) is 31.0 Å². The summed E-state index contributed by atoms with van der Waals surface area (Å²) in [6.45, 7) is 2.59. The van der Waals surface area contributed by atoms with Crippen LogP contribution in [0.3, 0.4) is 0 Å². The van der Waals surface area contributed by atoms with Gasteiger partial charge in [-0.2, -0.15) is 0 Å². The van der Waals surface area contributed by atoms with E-state index in [1.54, 1.807) is 0 Å². The number of benzene rings is 1. The second kappa shape index (κ2) is 8.38. The third kappa shape index (κ3) is 4.34. The number of hydrogen-bond donors (Lipinski definition) is 1. The summed E-state index contributed by atoms with van der Waals surface area (Å²) < 4.78 is 7.64. The van der Waals surface area contributed by atoms with Crippen LogP contribution in [0.25, 0.3) is 11.4 Å². The van der Waals surface area contributed by atoms with Gasteiger partial charge in [0.25, 0.3) is 0 Å². The van der Waals surface area contributed by atoms with Crippen molar-refractivity contribution in [3.05, 3.63) is 24.3 Å². The van der Waals surface area contributed by atoms with Crippen LogP contribution >= 0.6 is 11.8 Å². The molecular weight excluding hydrogens is 338 g/mol. The molecule has 0 spiro atoms. The highest BCUT2D eigenvalue weighted by Gasteiger charge is 2.24. The molecule has 0 amide bonds. The molecule has 0 unspecified atom stereocenters. The van der Waals surface area contributed by atoms with Crippen molar-refractivity contribution in [3.8, 4) is 17.1 Å². The molecule has 1 N–H and O–H groups in total. The number of nitrogens with zero attached hydrogens (tertiary/aromatic N) is 3. The fourth-order valence-electron chi connectivity index (χ4n) is 3.23. The minimum atomic E-state index is -0.842. The lowest BCUT2D eigenvalue weighted by Gasteiger charge is -2.25. The Morgan fingerprint density at radius 1 is 1.24 bits per heavy atom. The zero-order valence-electron chi connectivity index (χ0n) is 14.4. The average Bonchev–Trinajstić information content (AvgIpc) is 3.05. The van der Waals surface area contributed by atoms with Crippen molar-refractivity contribution >= 4 is 17.7 Å². The third-order valence-corrected chi connectivity index (χ3v) is 5.28. The molecule has 1 aliphatic rings. The molecule has 1 saturated carbocycles. The van der Waals surface area contributed by atoms with Crippen LogP contribution in [0.15, 0.2) is 29.4 Å². The Morgan fingerprint density at radius 3 is 2.60 bits per heavy atom. The lowest BCUT2D eigenvalue weighted by molar-refractivity contribution is -0.133. The number of ether oxygens (including phenoxy) is 1. The van der Waals surface area contributed by atoms with Crippen LogP contribution in [0.5, 0.6) is 5.75 Å². The summed E-state index contributed by atoms with van der Waals surface area (Å²) in [6, 6.07) is 8.17. The molecule has 0 aliphatic heterocycles. The second-order valence-corrected chi connectivity index (χ2v) is 7.05. The lowest BCUT2D eigenvalue weighted by atomic mass is 9.95. The van der Waals surface area contributed by atoms with Gasteiger partial charge >= 0.3 is 5.97 Å². The number of carboxylic acids is 1. The molecule has 1 fully saturated rings. The first-order valence-corrected chi connectivity index (χ1v) is 9.70. The standard InChI is InChI=1S/C18H23N3O3S/c1-2-24-15-10-8-13(9-11-15)17-19-20-18(25-12-16(22)23)21(17)14-6-4-3-5-7-14/h8-11,14H,2-7,12H2,1H3,(H,22,23). The van der Waals surface area contributed by atoms with E-state index in [2.05, 4.69) is 14.8 Å². The van der Waals surface area contributed by atoms with Crippen molar-refractivity contribution in [1.29, 1.82) is 0 Å². The summed E-state index contributed by atoms with van der Waals surface area (Å²) in [7, 11) is 0. The van der Waals surface area contributed by atoms with Crippen molar-refractivity contribution in [1.82, 2.24) is 14.8 Å². The van der Waals surface area contributed by atoms with E-state index in [9.17, 15) is 4.79 Å². The van der Waals surface area contributed by atoms with E-state index < -0.39 is 5.97 Å². The first-order valence-electron chi connectivity index (χ1n) is 8.71. The molecule has 25 heavy (non-hydrogen) atoms. The van der Waals surface area contributed by atoms with Gasteiger partial charge in [0.2, 0.25) is 0 Å². The summed E-state index contributed by atoms with van der Waals surface area (Å²) >= 11 is 1.24. The first kappa shape index (κ1) is 17.8. The zero-order chi connectivity index (χ0) is 17.6. The number of carboxylic acid groups (broad SMARTS) is 1. The molecule has 0 bridgehead atoms. The summed E-state index contributed by atoms with van der Waals surface area (Å²) in [5, 5.41) is 18.3. The van der Waals surface area contributed by atoms with Crippen LogP contribution in [-0.4, -0.2) is 38.2 Å². The van der Waals surface area contributed by atoms with Crippen molar-refractivity contribution in [3.63, 3.8) is 0 Å². The number of rotatable bonds is 7. The zero-order valence-corrected chi connectivity index (χ0v) is 15.2. The summed E-state index contributed by atoms with van der Waals surface area (Å²) in [6.07, 6.45) is 5.81. The van der Waals surface area contributed by atoms with Crippen molar-refractivity contribution in [2.45, 2.75) is 50.2 Å². The minimum absolute atomic E-state index is 0.00582. The van der Waals surface area contributed by atoms with E-state index in [0.717, 1.165) is 30.0 Å². The van der Waals surface area contributed by atoms with Gasteiger partial charge in [-0.15, -0.1) is 10.2 Å². The number of aromatic nitrogens is 3. The number of thioether (sulfide) groups is 1.